The summed E-state index contributed by atoms with van der Waals surface area (Å²) in [6, 6.07) is 7.89. The number of nitrogen functional groups attached to an aromatic ring is 1. The molecule has 31 heavy (non-hydrogen) atoms. The van der Waals surface area contributed by atoms with Crippen LogP contribution in [0.1, 0.15) is 57.1 Å². The summed E-state index contributed by atoms with van der Waals surface area (Å²) in [4.78, 5) is 20.8. The van der Waals surface area contributed by atoms with Gasteiger partial charge in [-0.25, -0.2) is 18.4 Å². The van der Waals surface area contributed by atoms with E-state index >= 15 is 0 Å². The molecule has 1 saturated carbocycles. The quantitative estimate of drug-likeness (QED) is 0.606. The predicted molar refractivity (Wildman–Crippen MR) is 122 cm³/mol. The number of benzene rings is 1. The van der Waals surface area contributed by atoms with Gasteiger partial charge in [0.05, 0.1) is 22.4 Å². The van der Waals surface area contributed by atoms with E-state index in [0.717, 1.165) is 19.3 Å². The highest BCUT2D eigenvalue weighted by atomic mass is 32.2. The van der Waals surface area contributed by atoms with E-state index in [2.05, 4.69) is 9.97 Å². The molecule has 0 aliphatic heterocycles. The van der Waals surface area contributed by atoms with Crippen LogP contribution in [0.15, 0.2) is 35.2 Å². The van der Waals surface area contributed by atoms with Gasteiger partial charge in [-0.15, -0.1) is 0 Å². The number of hydrogen-bond donors (Lipinski definition) is 2. The minimum atomic E-state index is -3.53. The molecule has 1 aliphatic rings. The Hall–Kier alpha value is -2.32. The van der Waals surface area contributed by atoms with Crippen LogP contribution >= 0.6 is 0 Å². The molecule has 7 nitrogen and oxygen atoms in total. The van der Waals surface area contributed by atoms with E-state index in [-0.39, 0.29) is 35.2 Å². The summed E-state index contributed by atoms with van der Waals surface area (Å²) >= 11 is 0. The number of hydrogen-bond acceptors (Lipinski definition) is 7. The van der Waals surface area contributed by atoms with Crippen molar-refractivity contribution in [2.45, 2.75) is 69.2 Å². The van der Waals surface area contributed by atoms with E-state index in [9.17, 15) is 13.2 Å². The first kappa shape index (κ1) is 23.3. The van der Waals surface area contributed by atoms with Gasteiger partial charge < -0.3 is 11.5 Å². The Labute approximate surface area is 184 Å². The van der Waals surface area contributed by atoms with Crippen molar-refractivity contribution in [3.05, 3.63) is 36.0 Å². The van der Waals surface area contributed by atoms with Gasteiger partial charge in [0.2, 0.25) is 5.95 Å². The molecule has 1 fully saturated rings. The molecule has 0 spiro atoms. The lowest BCUT2D eigenvalue weighted by Gasteiger charge is -2.23. The monoisotopic (exact) mass is 444 g/mol. The summed E-state index contributed by atoms with van der Waals surface area (Å²) in [5.41, 5.74) is 13.8. The van der Waals surface area contributed by atoms with Crippen LogP contribution in [0.2, 0.25) is 0 Å². The lowest BCUT2D eigenvalue weighted by Crippen LogP contribution is -2.33. The zero-order chi connectivity index (χ0) is 22.4. The van der Waals surface area contributed by atoms with E-state index in [4.69, 9.17) is 11.5 Å². The number of anilines is 1. The predicted octanol–water partition coefficient (Wildman–Crippen LogP) is 3.45. The summed E-state index contributed by atoms with van der Waals surface area (Å²) in [7, 11) is -3.53. The van der Waals surface area contributed by atoms with Crippen molar-refractivity contribution in [2.24, 2.45) is 11.7 Å². The van der Waals surface area contributed by atoms with Gasteiger partial charge >= 0.3 is 0 Å². The third-order valence-corrected chi connectivity index (χ3v) is 7.72. The van der Waals surface area contributed by atoms with Crippen LogP contribution in [0.4, 0.5) is 5.95 Å². The Morgan fingerprint density at radius 1 is 1.16 bits per heavy atom. The Kier molecular flexibility index (Phi) is 7.78. The van der Waals surface area contributed by atoms with Gasteiger partial charge in [-0.1, -0.05) is 44.2 Å². The Morgan fingerprint density at radius 3 is 2.61 bits per heavy atom. The van der Waals surface area contributed by atoms with Gasteiger partial charge in [0, 0.05) is 17.7 Å². The molecule has 0 radical (unpaired) electrons. The summed E-state index contributed by atoms with van der Waals surface area (Å²) in [6.07, 6.45) is 7.15. The maximum Gasteiger partial charge on any atom is 0.220 e. The number of nitrogens with zero attached hydrogens (tertiary/aromatic N) is 2. The van der Waals surface area contributed by atoms with Gasteiger partial charge in [0.25, 0.3) is 0 Å². The number of sulfone groups is 1. The Balaban J connectivity index is 1.58. The van der Waals surface area contributed by atoms with Crippen LogP contribution in [-0.4, -0.2) is 36.0 Å². The Bertz CT molecular complexity index is 997. The van der Waals surface area contributed by atoms with Crippen LogP contribution in [0, 0.1) is 12.8 Å². The van der Waals surface area contributed by atoms with Crippen molar-refractivity contribution in [1.29, 1.82) is 0 Å². The molecule has 1 heterocycles. The maximum atomic E-state index is 12.8. The van der Waals surface area contributed by atoms with E-state index in [1.165, 1.54) is 19.3 Å². The molecular weight excluding hydrogens is 412 g/mol. The van der Waals surface area contributed by atoms with Gasteiger partial charge in [-0.3, -0.25) is 4.79 Å². The summed E-state index contributed by atoms with van der Waals surface area (Å²) in [5, 5.41) is 0. The first-order valence-corrected chi connectivity index (χ1v) is 12.6. The van der Waals surface area contributed by atoms with Crippen molar-refractivity contribution in [2.75, 3.05) is 11.5 Å². The van der Waals surface area contributed by atoms with Crippen molar-refractivity contribution >= 4 is 21.6 Å². The fraction of sp³-hybridized carbons (Fsp3) is 0.522. The van der Waals surface area contributed by atoms with E-state index in [1.54, 1.807) is 37.3 Å². The lowest BCUT2D eigenvalue weighted by atomic mass is 9.84. The number of Topliss-reactive ketones (excluding diaryl/α,β-unsaturated/α-hetero) is 1. The smallest absolute Gasteiger partial charge is 0.220 e. The zero-order valence-corrected chi connectivity index (χ0v) is 18.9. The summed E-state index contributed by atoms with van der Waals surface area (Å²) < 4.78 is 25.6. The summed E-state index contributed by atoms with van der Waals surface area (Å²) in [6.45, 7) is 1.80. The third kappa shape index (κ3) is 6.58. The molecule has 0 unspecified atom stereocenters. The number of rotatable bonds is 9. The molecule has 1 aromatic heterocycles. The van der Waals surface area contributed by atoms with Crippen molar-refractivity contribution in [3.63, 3.8) is 0 Å². The highest BCUT2D eigenvalue weighted by molar-refractivity contribution is 7.91. The molecule has 0 saturated heterocycles. The molecule has 1 atom stereocenters. The highest BCUT2D eigenvalue weighted by Gasteiger charge is 2.22. The van der Waals surface area contributed by atoms with Crippen molar-refractivity contribution in [3.8, 4) is 11.3 Å². The molecule has 8 heteroatoms. The minimum absolute atomic E-state index is 0.0403. The minimum Gasteiger partial charge on any atom is -0.368 e. The molecule has 3 rings (SSSR count). The van der Waals surface area contributed by atoms with Crippen LogP contribution < -0.4 is 11.5 Å². The van der Waals surface area contributed by atoms with Crippen LogP contribution in [0.5, 0.6) is 0 Å². The number of nitrogens with two attached hydrogens (primary N) is 2. The van der Waals surface area contributed by atoms with Crippen LogP contribution in [0.25, 0.3) is 11.3 Å². The largest absolute Gasteiger partial charge is 0.368 e. The fourth-order valence-corrected chi connectivity index (χ4v) is 5.59. The molecule has 0 bridgehead atoms. The van der Waals surface area contributed by atoms with E-state index in [0.29, 0.717) is 22.9 Å². The number of aromatic nitrogens is 2. The van der Waals surface area contributed by atoms with E-state index in [1.807, 2.05) is 0 Å². The van der Waals surface area contributed by atoms with Crippen LogP contribution in [-0.2, 0) is 14.6 Å². The zero-order valence-electron chi connectivity index (χ0n) is 18.1. The number of ketones is 1. The first-order chi connectivity index (χ1) is 14.7. The summed E-state index contributed by atoms with van der Waals surface area (Å²) in [5.74, 6) is 0.537. The van der Waals surface area contributed by atoms with E-state index < -0.39 is 15.9 Å². The number of aryl methyl sites for hydroxylation is 1. The number of carbonyl (C=O) groups excluding carboxylic acids is 1. The fourth-order valence-electron chi connectivity index (χ4n) is 4.24. The molecule has 1 aromatic carbocycles. The van der Waals surface area contributed by atoms with Gasteiger partial charge in [-0.05, 0) is 43.9 Å². The van der Waals surface area contributed by atoms with Gasteiger partial charge in [0.15, 0.2) is 9.84 Å². The van der Waals surface area contributed by atoms with Crippen LogP contribution in [0.3, 0.4) is 0 Å². The third-order valence-electron chi connectivity index (χ3n) is 5.92. The van der Waals surface area contributed by atoms with Gasteiger partial charge in [0.1, 0.15) is 5.78 Å². The second-order valence-corrected chi connectivity index (χ2v) is 10.6. The average Bonchev–Trinajstić information content (AvgIpc) is 2.73. The molecule has 1 aliphatic carbocycles. The normalized spacial score (nSPS) is 16.2. The van der Waals surface area contributed by atoms with Gasteiger partial charge in [-0.2, -0.15) is 0 Å². The molecule has 2 aromatic rings. The Morgan fingerprint density at radius 2 is 1.90 bits per heavy atom. The SMILES string of the molecule is Cc1cc(-c2cccc(S(=O)(=O)CCCC(=O)[C@@H](N)CC3CCCCC3)c2)nc(N)n1. The van der Waals surface area contributed by atoms with Crippen molar-refractivity contribution in [1.82, 2.24) is 9.97 Å². The standard InChI is InChI=1S/C23H32N4O3S/c1-16-13-21(27-23(25)26-16)18-9-5-10-19(15-18)31(29,30)12-6-11-22(28)20(24)14-17-7-3-2-4-8-17/h5,9-10,13,15,17,20H,2-4,6-8,11-12,14,24H2,1H3,(H2,25,26,27)/t20-/m0/s1. The second-order valence-electron chi connectivity index (χ2n) is 8.52. The highest BCUT2D eigenvalue weighted by Crippen LogP contribution is 2.27. The number of carbonyl (C=O) groups is 1. The average molecular weight is 445 g/mol. The molecule has 0 amide bonds. The molecule has 4 N–H and O–H groups in total. The van der Waals surface area contributed by atoms with Crippen molar-refractivity contribution < 1.29 is 13.2 Å². The molecular formula is C23H32N4O3S. The maximum absolute atomic E-state index is 12.8. The topological polar surface area (TPSA) is 129 Å². The lowest BCUT2D eigenvalue weighted by molar-refractivity contribution is -0.120. The second kappa shape index (κ2) is 10.3. The first-order valence-electron chi connectivity index (χ1n) is 11.0. The molecule has 168 valence electrons.